The highest BCUT2D eigenvalue weighted by Crippen LogP contribution is 2.29. The molecule has 3 heterocycles. The molecule has 0 spiro atoms. The van der Waals surface area contributed by atoms with E-state index in [9.17, 15) is 4.39 Å². The molecule has 2 aromatic heterocycles. The van der Waals surface area contributed by atoms with Gasteiger partial charge in [0.15, 0.2) is 17.0 Å². The van der Waals surface area contributed by atoms with E-state index in [1.165, 1.54) is 0 Å². The smallest absolute Gasteiger partial charge is 0.312 e. The number of aromatic nitrogens is 4. The summed E-state index contributed by atoms with van der Waals surface area (Å²) in [7, 11) is 0. The molecule has 0 amide bonds. The molecular weight excluding hydrogens is 337 g/mol. The molecular formula is C18H20FN5O2. The molecule has 3 aromatic rings. The molecule has 1 aliphatic rings. The number of nitrogens with zero attached hydrogens (tertiary/aromatic N) is 4. The number of benzene rings is 1. The number of anilines is 2. The largest absolute Gasteiger partial charge is 0.494 e. The summed E-state index contributed by atoms with van der Waals surface area (Å²) in [6, 6.07) is 7.41. The topological polar surface area (TPSA) is 74.1 Å². The molecule has 8 heteroatoms. The molecule has 7 nitrogen and oxygen atoms in total. The number of halogens is 1. The van der Waals surface area contributed by atoms with Crippen LogP contribution < -0.4 is 10.1 Å². The normalized spacial score (nSPS) is 17.4. The van der Waals surface area contributed by atoms with Crippen molar-refractivity contribution < 1.29 is 13.9 Å². The quantitative estimate of drug-likeness (QED) is 0.700. The highest BCUT2D eigenvalue weighted by molar-refractivity contribution is 5.85. The Morgan fingerprint density at radius 3 is 3.08 bits per heavy atom. The second-order valence-corrected chi connectivity index (χ2v) is 6.07. The van der Waals surface area contributed by atoms with Gasteiger partial charge in [0.2, 0.25) is 0 Å². The lowest BCUT2D eigenvalue weighted by molar-refractivity contribution is -0.0298. The molecule has 1 aromatic carbocycles. The Kier molecular flexibility index (Phi) is 4.66. The van der Waals surface area contributed by atoms with Gasteiger partial charge in [0.1, 0.15) is 12.0 Å². The average molecular weight is 357 g/mol. The predicted octanol–water partition coefficient (Wildman–Crippen LogP) is 3.81. The zero-order valence-corrected chi connectivity index (χ0v) is 14.5. The Balaban J connectivity index is 1.69. The molecule has 1 N–H and O–H groups in total. The molecule has 26 heavy (non-hydrogen) atoms. The van der Waals surface area contributed by atoms with Gasteiger partial charge in [-0.3, -0.25) is 4.57 Å². The molecule has 0 saturated carbocycles. The van der Waals surface area contributed by atoms with E-state index in [1.807, 2.05) is 31.2 Å². The van der Waals surface area contributed by atoms with Gasteiger partial charge in [-0.15, -0.1) is 0 Å². The molecule has 136 valence electrons. The van der Waals surface area contributed by atoms with E-state index in [2.05, 4.69) is 20.3 Å². The maximum atomic E-state index is 14.1. The van der Waals surface area contributed by atoms with Crippen LogP contribution in [-0.2, 0) is 4.74 Å². The van der Waals surface area contributed by atoms with Crippen molar-refractivity contribution >= 4 is 22.7 Å². The van der Waals surface area contributed by atoms with Crippen LogP contribution in [0.2, 0.25) is 0 Å². The fraction of sp³-hybridized carbons (Fsp3) is 0.389. The number of fused-ring (bicyclic) bond motifs is 1. The van der Waals surface area contributed by atoms with Crippen molar-refractivity contribution in [2.24, 2.45) is 0 Å². The standard InChI is InChI=1S/C18H20FN5O2/c1-2-25-13-7-5-6-12(10-13)21-16-15-17(23-18(19)22-16)24(11-20-15)14-8-3-4-9-26-14/h5-7,10-11,14H,2-4,8-9H2,1H3,(H,21,22,23). The van der Waals surface area contributed by atoms with Crippen molar-refractivity contribution in [2.45, 2.75) is 32.4 Å². The lowest BCUT2D eigenvalue weighted by Crippen LogP contribution is -2.18. The summed E-state index contributed by atoms with van der Waals surface area (Å²) in [4.78, 5) is 12.2. The first-order chi connectivity index (χ1) is 12.7. The zero-order chi connectivity index (χ0) is 17.9. The van der Waals surface area contributed by atoms with Crippen molar-refractivity contribution in [1.82, 2.24) is 19.5 Å². The lowest BCUT2D eigenvalue weighted by Gasteiger charge is -2.23. The molecule has 1 fully saturated rings. The Morgan fingerprint density at radius 2 is 2.27 bits per heavy atom. The third kappa shape index (κ3) is 3.32. The van der Waals surface area contributed by atoms with Crippen molar-refractivity contribution in [1.29, 1.82) is 0 Å². The summed E-state index contributed by atoms with van der Waals surface area (Å²) < 4.78 is 27.1. The number of imidazole rings is 1. The Morgan fingerprint density at radius 1 is 1.35 bits per heavy atom. The van der Waals surface area contributed by atoms with Gasteiger partial charge in [-0.05, 0) is 38.3 Å². The van der Waals surface area contributed by atoms with Gasteiger partial charge in [0.25, 0.3) is 0 Å². The van der Waals surface area contributed by atoms with E-state index < -0.39 is 6.08 Å². The molecule has 0 radical (unpaired) electrons. The minimum atomic E-state index is -0.807. The van der Waals surface area contributed by atoms with Crippen LogP contribution in [0.4, 0.5) is 15.9 Å². The van der Waals surface area contributed by atoms with E-state index in [-0.39, 0.29) is 6.23 Å². The van der Waals surface area contributed by atoms with E-state index in [4.69, 9.17) is 9.47 Å². The first-order valence-electron chi connectivity index (χ1n) is 8.76. The molecule has 1 unspecified atom stereocenters. The second-order valence-electron chi connectivity index (χ2n) is 6.07. The summed E-state index contributed by atoms with van der Waals surface area (Å²) in [5.74, 6) is 1.04. The highest BCUT2D eigenvalue weighted by atomic mass is 19.1. The fourth-order valence-electron chi connectivity index (χ4n) is 3.10. The first kappa shape index (κ1) is 16.7. The summed E-state index contributed by atoms with van der Waals surface area (Å²) >= 11 is 0. The Bertz CT molecular complexity index is 908. The molecule has 4 rings (SSSR count). The van der Waals surface area contributed by atoms with Crippen LogP contribution in [0.25, 0.3) is 11.2 Å². The van der Waals surface area contributed by atoms with Crippen LogP contribution in [-0.4, -0.2) is 32.7 Å². The molecule has 0 bridgehead atoms. The number of nitrogens with one attached hydrogen (secondary N) is 1. The second kappa shape index (κ2) is 7.25. The van der Waals surface area contributed by atoms with Crippen LogP contribution in [0.1, 0.15) is 32.4 Å². The number of hydrogen-bond acceptors (Lipinski definition) is 6. The fourth-order valence-corrected chi connectivity index (χ4v) is 3.10. The van der Waals surface area contributed by atoms with E-state index >= 15 is 0 Å². The van der Waals surface area contributed by atoms with E-state index in [1.54, 1.807) is 10.9 Å². The van der Waals surface area contributed by atoms with Gasteiger partial charge in [-0.25, -0.2) is 4.98 Å². The van der Waals surface area contributed by atoms with Gasteiger partial charge < -0.3 is 14.8 Å². The van der Waals surface area contributed by atoms with Crippen molar-refractivity contribution in [3.63, 3.8) is 0 Å². The first-order valence-corrected chi connectivity index (χ1v) is 8.76. The maximum Gasteiger partial charge on any atom is 0.312 e. The van der Waals surface area contributed by atoms with Crippen molar-refractivity contribution in [3.8, 4) is 5.75 Å². The summed E-state index contributed by atoms with van der Waals surface area (Å²) in [6.45, 7) is 3.18. The minimum absolute atomic E-state index is 0.169. The van der Waals surface area contributed by atoms with Crippen LogP contribution in [0, 0.1) is 6.08 Å². The van der Waals surface area contributed by atoms with Crippen LogP contribution in [0.5, 0.6) is 5.75 Å². The van der Waals surface area contributed by atoms with Gasteiger partial charge >= 0.3 is 6.08 Å². The summed E-state index contributed by atoms with van der Waals surface area (Å²) in [6.07, 6.45) is 3.62. The minimum Gasteiger partial charge on any atom is -0.494 e. The molecule has 1 saturated heterocycles. The highest BCUT2D eigenvalue weighted by Gasteiger charge is 2.21. The number of hydrogen-bond donors (Lipinski definition) is 1. The molecule has 0 aliphatic carbocycles. The monoisotopic (exact) mass is 357 g/mol. The van der Waals surface area contributed by atoms with Crippen LogP contribution in [0.3, 0.4) is 0 Å². The summed E-state index contributed by atoms with van der Waals surface area (Å²) in [5.41, 5.74) is 1.66. The van der Waals surface area contributed by atoms with Crippen molar-refractivity contribution in [3.05, 3.63) is 36.7 Å². The van der Waals surface area contributed by atoms with E-state index in [0.717, 1.165) is 30.7 Å². The van der Waals surface area contributed by atoms with Gasteiger partial charge in [0, 0.05) is 18.4 Å². The Labute approximate surface area is 150 Å². The van der Waals surface area contributed by atoms with Crippen LogP contribution >= 0.6 is 0 Å². The van der Waals surface area contributed by atoms with Gasteiger partial charge in [-0.2, -0.15) is 14.4 Å². The number of ether oxygens (including phenoxy) is 2. The van der Waals surface area contributed by atoms with Crippen molar-refractivity contribution in [2.75, 3.05) is 18.5 Å². The zero-order valence-electron chi connectivity index (χ0n) is 14.5. The number of rotatable bonds is 5. The lowest BCUT2D eigenvalue weighted by atomic mass is 10.2. The molecule has 1 aliphatic heterocycles. The SMILES string of the molecule is CCOc1cccc(Nc2nc(F)nc3c2ncn3C2CCCCO2)c1. The van der Waals surface area contributed by atoms with Gasteiger partial charge in [-0.1, -0.05) is 6.07 Å². The average Bonchev–Trinajstić information content (AvgIpc) is 3.07. The third-order valence-corrected chi connectivity index (χ3v) is 4.27. The molecule has 1 atom stereocenters. The third-order valence-electron chi connectivity index (χ3n) is 4.27. The Hall–Kier alpha value is -2.74. The predicted molar refractivity (Wildman–Crippen MR) is 95.0 cm³/mol. The van der Waals surface area contributed by atoms with Crippen LogP contribution in [0.15, 0.2) is 30.6 Å². The van der Waals surface area contributed by atoms with Gasteiger partial charge in [0.05, 0.1) is 12.9 Å². The summed E-state index contributed by atoms with van der Waals surface area (Å²) in [5, 5.41) is 3.12. The van der Waals surface area contributed by atoms with E-state index in [0.29, 0.717) is 30.2 Å². The maximum absolute atomic E-state index is 14.1.